The van der Waals surface area contributed by atoms with Crippen LogP contribution in [0.5, 0.6) is 0 Å². The van der Waals surface area contributed by atoms with Gasteiger partial charge in [-0.3, -0.25) is 9.78 Å². The Morgan fingerprint density at radius 3 is 2.45 bits per heavy atom. The van der Waals surface area contributed by atoms with Gasteiger partial charge in [-0.2, -0.15) is 4.98 Å². The van der Waals surface area contributed by atoms with Crippen molar-refractivity contribution in [3.8, 4) is 22.6 Å². The number of piperidine rings is 1. The second kappa shape index (κ2) is 8.14. The molecule has 1 aliphatic heterocycles. The van der Waals surface area contributed by atoms with Crippen LogP contribution < -0.4 is 0 Å². The SMILES string of the molecule is Cc1onc(-c2ccccc2)c1C(=O)N1CCC(c2nc(-c3ccncc3)no2)CC1. The molecule has 8 nitrogen and oxygen atoms in total. The van der Waals surface area contributed by atoms with Gasteiger partial charge < -0.3 is 13.9 Å². The highest BCUT2D eigenvalue weighted by Gasteiger charge is 2.31. The fourth-order valence-electron chi connectivity index (χ4n) is 3.92. The van der Waals surface area contributed by atoms with Crippen molar-refractivity contribution >= 4 is 5.91 Å². The van der Waals surface area contributed by atoms with Crippen LogP contribution in [-0.4, -0.2) is 44.2 Å². The maximum Gasteiger partial charge on any atom is 0.259 e. The number of hydrogen-bond donors (Lipinski definition) is 0. The highest BCUT2D eigenvalue weighted by Crippen LogP contribution is 2.31. The minimum atomic E-state index is -0.0564. The zero-order valence-electron chi connectivity index (χ0n) is 17.1. The van der Waals surface area contributed by atoms with Gasteiger partial charge in [0.25, 0.3) is 5.91 Å². The number of aryl methyl sites for hydroxylation is 1. The molecule has 1 amide bonds. The molecule has 3 aromatic heterocycles. The van der Waals surface area contributed by atoms with E-state index in [1.807, 2.05) is 47.4 Å². The summed E-state index contributed by atoms with van der Waals surface area (Å²) < 4.78 is 10.9. The molecule has 0 saturated carbocycles. The lowest BCUT2D eigenvalue weighted by atomic mass is 9.95. The number of amides is 1. The van der Waals surface area contributed by atoms with E-state index in [-0.39, 0.29) is 11.8 Å². The van der Waals surface area contributed by atoms with Gasteiger partial charge in [0.15, 0.2) is 0 Å². The van der Waals surface area contributed by atoms with E-state index >= 15 is 0 Å². The predicted molar refractivity (Wildman–Crippen MR) is 112 cm³/mol. The van der Waals surface area contributed by atoms with Gasteiger partial charge in [-0.1, -0.05) is 40.6 Å². The summed E-state index contributed by atoms with van der Waals surface area (Å²) in [6, 6.07) is 13.3. The van der Waals surface area contributed by atoms with E-state index in [0.717, 1.165) is 24.0 Å². The molecule has 4 heterocycles. The molecule has 8 heteroatoms. The van der Waals surface area contributed by atoms with Crippen LogP contribution in [0.3, 0.4) is 0 Å². The molecule has 1 aromatic carbocycles. The molecule has 1 saturated heterocycles. The summed E-state index contributed by atoms with van der Waals surface area (Å²) in [5.41, 5.74) is 2.85. The maximum absolute atomic E-state index is 13.3. The molecule has 0 bridgehead atoms. The van der Waals surface area contributed by atoms with Crippen LogP contribution in [0.25, 0.3) is 22.6 Å². The number of pyridine rings is 1. The van der Waals surface area contributed by atoms with Gasteiger partial charge >= 0.3 is 0 Å². The Hall–Kier alpha value is -3.81. The van der Waals surface area contributed by atoms with Crippen molar-refractivity contribution in [2.75, 3.05) is 13.1 Å². The van der Waals surface area contributed by atoms with E-state index in [4.69, 9.17) is 9.05 Å². The number of carbonyl (C=O) groups excluding carboxylic acids is 1. The van der Waals surface area contributed by atoms with Crippen LogP contribution in [0, 0.1) is 6.92 Å². The summed E-state index contributed by atoms with van der Waals surface area (Å²) in [6.45, 7) is 2.99. The smallest absolute Gasteiger partial charge is 0.259 e. The number of rotatable bonds is 4. The summed E-state index contributed by atoms with van der Waals surface area (Å²) in [6.07, 6.45) is 4.92. The number of likely N-dealkylation sites (tertiary alicyclic amines) is 1. The lowest BCUT2D eigenvalue weighted by Gasteiger charge is -2.30. The average Bonchev–Trinajstić information content (AvgIpc) is 3.47. The molecule has 0 N–H and O–H groups in total. The zero-order chi connectivity index (χ0) is 21.2. The van der Waals surface area contributed by atoms with Crippen LogP contribution in [0.15, 0.2) is 63.9 Å². The van der Waals surface area contributed by atoms with Crippen LogP contribution >= 0.6 is 0 Å². The topological polar surface area (TPSA) is 98.2 Å². The molecule has 4 aromatic rings. The molecule has 156 valence electrons. The van der Waals surface area contributed by atoms with Crippen molar-refractivity contribution in [1.29, 1.82) is 0 Å². The van der Waals surface area contributed by atoms with Crippen LogP contribution in [0.2, 0.25) is 0 Å². The van der Waals surface area contributed by atoms with Crippen molar-refractivity contribution in [3.05, 3.63) is 72.1 Å². The van der Waals surface area contributed by atoms with E-state index < -0.39 is 0 Å². The molecule has 0 aliphatic carbocycles. The first-order valence-corrected chi connectivity index (χ1v) is 10.3. The minimum Gasteiger partial charge on any atom is -0.360 e. The van der Waals surface area contributed by atoms with Gasteiger partial charge in [-0.15, -0.1) is 0 Å². The number of hydrogen-bond acceptors (Lipinski definition) is 7. The Morgan fingerprint density at radius 1 is 0.968 bits per heavy atom. The number of aromatic nitrogens is 4. The largest absolute Gasteiger partial charge is 0.360 e. The third-order valence-electron chi connectivity index (χ3n) is 5.64. The van der Waals surface area contributed by atoms with E-state index in [1.54, 1.807) is 19.3 Å². The fourth-order valence-corrected chi connectivity index (χ4v) is 3.92. The zero-order valence-corrected chi connectivity index (χ0v) is 17.1. The number of nitrogens with zero attached hydrogens (tertiary/aromatic N) is 5. The average molecular weight is 415 g/mol. The van der Waals surface area contributed by atoms with E-state index in [0.29, 0.717) is 41.8 Å². The van der Waals surface area contributed by atoms with Crippen molar-refractivity contribution < 1.29 is 13.8 Å². The van der Waals surface area contributed by atoms with Gasteiger partial charge in [0, 0.05) is 42.5 Å². The third-order valence-corrected chi connectivity index (χ3v) is 5.64. The lowest BCUT2D eigenvalue weighted by Crippen LogP contribution is -2.38. The molecule has 0 atom stereocenters. The summed E-state index contributed by atoms with van der Waals surface area (Å²) >= 11 is 0. The summed E-state index contributed by atoms with van der Waals surface area (Å²) in [5, 5.41) is 8.23. The van der Waals surface area contributed by atoms with Gasteiger partial charge in [0.2, 0.25) is 11.7 Å². The van der Waals surface area contributed by atoms with Crippen molar-refractivity contribution in [2.24, 2.45) is 0 Å². The Balaban J connectivity index is 1.29. The van der Waals surface area contributed by atoms with Gasteiger partial charge in [0.1, 0.15) is 17.0 Å². The highest BCUT2D eigenvalue weighted by molar-refractivity contribution is 6.00. The molecular weight excluding hydrogens is 394 g/mol. The quantitative estimate of drug-likeness (QED) is 0.494. The Morgan fingerprint density at radius 2 is 1.71 bits per heavy atom. The van der Waals surface area contributed by atoms with E-state index in [2.05, 4.69) is 20.3 Å². The Kier molecular flexibility index (Phi) is 5.03. The molecule has 0 spiro atoms. The molecular formula is C23H21N5O3. The summed E-state index contributed by atoms with van der Waals surface area (Å²) in [7, 11) is 0. The van der Waals surface area contributed by atoms with Crippen LogP contribution in [0.1, 0.15) is 40.8 Å². The van der Waals surface area contributed by atoms with Gasteiger partial charge in [-0.05, 0) is 31.9 Å². The summed E-state index contributed by atoms with van der Waals surface area (Å²) in [5.74, 6) is 1.78. The summed E-state index contributed by atoms with van der Waals surface area (Å²) in [4.78, 5) is 23.7. The van der Waals surface area contributed by atoms with Gasteiger partial charge in [0.05, 0.1) is 0 Å². The minimum absolute atomic E-state index is 0.0564. The molecule has 5 rings (SSSR count). The third kappa shape index (κ3) is 3.72. The molecule has 1 aliphatic rings. The normalized spacial score (nSPS) is 14.7. The first-order chi connectivity index (χ1) is 15.2. The monoisotopic (exact) mass is 415 g/mol. The van der Waals surface area contributed by atoms with Crippen LogP contribution in [0.4, 0.5) is 0 Å². The first kappa shape index (κ1) is 19.2. The lowest BCUT2D eigenvalue weighted by molar-refractivity contribution is 0.0703. The Labute approximate surface area is 178 Å². The predicted octanol–water partition coefficient (Wildman–Crippen LogP) is 4.11. The number of carbonyl (C=O) groups is 1. The molecule has 1 fully saturated rings. The second-order valence-corrected chi connectivity index (χ2v) is 7.59. The van der Waals surface area contributed by atoms with Crippen molar-refractivity contribution in [3.63, 3.8) is 0 Å². The van der Waals surface area contributed by atoms with E-state index in [1.165, 1.54) is 0 Å². The van der Waals surface area contributed by atoms with Gasteiger partial charge in [-0.25, -0.2) is 0 Å². The standard InChI is InChI=1S/C23H21N5O3/c1-15-19(20(26-30-15)16-5-3-2-4-6-16)23(29)28-13-9-18(10-14-28)22-25-21(27-31-22)17-7-11-24-12-8-17/h2-8,11-12,18H,9-10,13-14H2,1H3. The number of benzene rings is 1. The van der Waals surface area contributed by atoms with Crippen molar-refractivity contribution in [2.45, 2.75) is 25.7 Å². The molecule has 0 radical (unpaired) electrons. The Bertz CT molecular complexity index is 1180. The van der Waals surface area contributed by atoms with Crippen molar-refractivity contribution in [1.82, 2.24) is 25.2 Å². The second-order valence-electron chi connectivity index (χ2n) is 7.59. The molecule has 31 heavy (non-hydrogen) atoms. The van der Waals surface area contributed by atoms with Crippen LogP contribution in [-0.2, 0) is 0 Å². The maximum atomic E-state index is 13.3. The fraction of sp³-hybridized carbons (Fsp3) is 0.261. The molecule has 0 unspecified atom stereocenters. The first-order valence-electron chi connectivity index (χ1n) is 10.3. The highest BCUT2D eigenvalue weighted by atomic mass is 16.5. The van der Waals surface area contributed by atoms with E-state index in [9.17, 15) is 4.79 Å².